The third-order valence-corrected chi connectivity index (χ3v) is 3.97. The number of carbonyl (C=O) groups excluding carboxylic acids is 1. The quantitative estimate of drug-likeness (QED) is 0.365. The van der Waals surface area contributed by atoms with Crippen molar-refractivity contribution in [2.75, 3.05) is 13.2 Å². The number of para-hydroxylation sites is 1. The SMILES string of the molecule is CC1CCCCC1OCCOc1ccccc1C(=O)NN. The molecule has 21 heavy (non-hydrogen) atoms. The van der Waals surface area contributed by atoms with E-state index in [2.05, 4.69) is 12.3 Å². The van der Waals surface area contributed by atoms with Gasteiger partial charge in [-0.1, -0.05) is 31.9 Å². The van der Waals surface area contributed by atoms with Crippen LogP contribution in [-0.4, -0.2) is 25.2 Å². The van der Waals surface area contributed by atoms with Crippen molar-refractivity contribution in [3.63, 3.8) is 0 Å². The highest BCUT2D eigenvalue weighted by Gasteiger charge is 2.21. The summed E-state index contributed by atoms with van der Waals surface area (Å²) in [7, 11) is 0. The van der Waals surface area contributed by atoms with Crippen molar-refractivity contribution in [2.45, 2.75) is 38.7 Å². The lowest BCUT2D eigenvalue weighted by molar-refractivity contribution is -0.0166. The van der Waals surface area contributed by atoms with E-state index in [0.717, 1.165) is 6.42 Å². The zero-order chi connectivity index (χ0) is 15.1. The predicted octanol–water partition coefficient (Wildman–Crippen LogP) is 2.26. The highest BCUT2D eigenvalue weighted by molar-refractivity contribution is 5.96. The van der Waals surface area contributed by atoms with Crippen molar-refractivity contribution in [3.05, 3.63) is 29.8 Å². The van der Waals surface area contributed by atoms with Crippen LogP contribution in [0.5, 0.6) is 5.75 Å². The minimum absolute atomic E-state index is 0.338. The molecular formula is C16H24N2O3. The molecule has 1 aliphatic rings. The monoisotopic (exact) mass is 292 g/mol. The minimum atomic E-state index is -0.354. The molecule has 0 spiro atoms. The van der Waals surface area contributed by atoms with Crippen molar-refractivity contribution in [3.8, 4) is 5.75 Å². The summed E-state index contributed by atoms with van der Waals surface area (Å²) in [5, 5.41) is 0. The van der Waals surface area contributed by atoms with Crippen molar-refractivity contribution >= 4 is 5.91 Å². The molecule has 0 aliphatic heterocycles. The number of hydrogen-bond donors (Lipinski definition) is 2. The maximum Gasteiger partial charge on any atom is 0.268 e. The van der Waals surface area contributed by atoms with E-state index in [1.807, 2.05) is 6.07 Å². The zero-order valence-corrected chi connectivity index (χ0v) is 12.5. The van der Waals surface area contributed by atoms with Gasteiger partial charge >= 0.3 is 0 Å². The van der Waals surface area contributed by atoms with E-state index in [-0.39, 0.29) is 5.91 Å². The summed E-state index contributed by atoms with van der Waals surface area (Å²) < 4.78 is 11.5. The van der Waals surface area contributed by atoms with Crippen LogP contribution in [0, 0.1) is 5.92 Å². The van der Waals surface area contributed by atoms with Gasteiger partial charge in [0.15, 0.2) is 0 Å². The first-order valence-electron chi connectivity index (χ1n) is 7.56. The van der Waals surface area contributed by atoms with Gasteiger partial charge in [-0.25, -0.2) is 5.84 Å². The standard InChI is InChI=1S/C16H24N2O3/c1-12-6-2-4-8-14(12)20-10-11-21-15-9-5-3-7-13(15)16(19)18-17/h3,5,7,9,12,14H,2,4,6,8,10-11,17H2,1H3,(H,18,19). The molecule has 0 saturated heterocycles. The van der Waals surface area contributed by atoms with Crippen LogP contribution in [0.15, 0.2) is 24.3 Å². The molecule has 5 heteroatoms. The smallest absolute Gasteiger partial charge is 0.268 e. The average Bonchev–Trinajstić information content (AvgIpc) is 2.52. The van der Waals surface area contributed by atoms with E-state index in [1.54, 1.807) is 18.2 Å². The zero-order valence-electron chi connectivity index (χ0n) is 12.5. The van der Waals surface area contributed by atoms with Gasteiger partial charge in [-0.3, -0.25) is 10.2 Å². The van der Waals surface area contributed by atoms with Gasteiger partial charge in [0, 0.05) is 0 Å². The molecule has 116 valence electrons. The lowest BCUT2D eigenvalue weighted by atomic mass is 9.88. The number of amides is 1. The topological polar surface area (TPSA) is 73.6 Å². The third-order valence-electron chi connectivity index (χ3n) is 3.97. The summed E-state index contributed by atoms with van der Waals surface area (Å²) >= 11 is 0. The first-order chi connectivity index (χ1) is 10.2. The Hall–Kier alpha value is -1.59. The molecule has 1 aliphatic carbocycles. The molecule has 0 radical (unpaired) electrons. The van der Waals surface area contributed by atoms with Crippen LogP contribution in [0.4, 0.5) is 0 Å². The number of hydrogen-bond acceptors (Lipinski definition) is 4. The molecule has 1 amide bonds. The van der Waals surface area contributed by atoms with Crippen LogP contribution < -0.4 is 16.0 Å². The van der Waals surface area contributed by atoms with E-state index < -0.39 is 0 Å². The number of ether oxygens (including phenoxy) is 2. The molecule has 1 aromatic rings. The maximum atomic E-state index is 11.6. The van der Waals surface area contributed by atoms with Gasteiger partial charge in [-0.15, -0.1) is 0 Å². The second kappa shape index (κ2) is 8.00. The number of rotatable bonds is 6. The molecule has 0 bridgehead atoms. The first kappa shape index (κ1) is 15.8. The van der Waals surface area contributed by atoms with Crippen LogP contribution in [0.2, 0.25) is 0 Å². The minimum Gasteiger partial charge on any atom is -0.490 e. The van der Waals surface area contributed by atoms with Crippen LogP contribution in [-0.2, 0) is 4.74 Å². The predicted molar refractivity (Wildman–Crippen MR) is 81.0 cm³/mol. The highest BCUT2D eigenvalue weighted by Crippen LogP contribution is 2.26. The number of benzene rings is 1. The fraction of sp³-hybridized carbons (Fsp3) is 0.562. The third kappa shape index (κ3) is 4.44. The summed E-state index contributed by atoms with van der Waals surface area (Å²) in [4.78, 5) is 11.6. The summed E-state index contributed by atoms with van der Waals surface area (Å²) in [5.41, 5.74) is 2.56. The molecule has 5 nitrogen and oxygen atoms in total. The fourth-order valence-electron chi connectivity index (χ4n) is 2.74. The normalized spacial score (nSPS) is 21.8. The highest BCUT2D eigenvalue weighted by atomic mass is 16.5. The number of carbonyl (C=O) groups is 1. The molecule has 1 aromatic carbocycles. The fourth-order valence-corrected chi connectivity index (χ4v) is 2.74. The first-order valence-corrected chi connectivity index (χ1v) is 7.56. The van der Waals surface area contributed by atoms with E-state index in [1.165, 1.54) is 19.3 Å². The Bertz CT molecular complexity index is 465. The van der Waals surface area contributed by atoms with Crippen molar-refractivity contribution < 1.29 is 14.3 Å². The van der Waals surface area contributed by atoms with Crippen LogP contribution in [0.3, 0.4) is 0 Å². The van der Waals surface area contributed by atoms with Crippen molar-refractivity contribution in [1.82, 2.24) is 5.43 Å². The molecular weight excluding hydrogens is 268 g/mol. The Morgan fingerprint density at radius 2 is 2.05 bits per heavy atom. The Labute approximate surface area is 125 Å². The van der Waals surface area contributed by atoms with Gasteiger partial charge in [0.05, 0.1) is 18.3 Å². The Balaban J connectivity index is 1.79. The van der Waals surface area contributed by atoms with Crippen LogP contribution in [0.1, 0.15) is 43.0 Å². The second-order valence-electron chi connectivity index (χ2n) is 5.49. The summed E-state index contributed by atoms with van der Waals surface area (Å²) in [6.45, 7) is 3.21. The average molecular weight is 292 g/mol. The summed E-state index contributed by atoms with van der Waals surface area (Å²) in [6.07, 6.45) is 5.26. The van der Waals surface area contributed by atoms with Gasteiger partial charge in [0.1, 0.15) is 12.4 Å². The van der Waals surface area contributed by atoms with Gasteiger partial charge in [0.2, 0.25) is 0 Å². The molecule has 2 atom stereocenters. The summed E-state index contributed by atoms with van der Waals surface area (Å²) in [5.74, 6) is 5.95. The largest absolute Gasteiger partial charge is 0.490 e. The van der Waals surface area contributed by atoms with E-state index in [4.69, 9.17) is 15.3 Å². The van der Waals surface area contributed by atoms with Gasteiger partial charge in [-0.2, -0.15) is 0 Å². The Morgan fingerprint density at radius 3 is 2.81 bits per heavy atom. The van der Waals surface area contributed by atoms with Gasteiger partial charge in [-0.05, 0) is 30.9 Å². The molecule has 2 rings (SSSR count). The lowest BCUT2D eigenvalue weighted by Crippen LogP contribution is -2.30. The second-order valence-corrected chi connectivity index (χ2v) is 5.49. The molecule has 1 fully saturated rings. The molecule has 3 N–H and O–H groups in total. The van der Waals surface area contributed by atoms with E-state index in [9.17, 15) is 4.79 Å². The Morgan fingerprint density at radius 1 is 1.29 bits per heavy atom. The Kier molecular flexibility index (Phi) is 6.02. The molecule has 1 saturated carbocycles. The summed E-state index contributed by atoms with van der Waals surface area (Å²) in [6, 6.07) is 7.04. The molecule has 0 heterocycles. The van der Waals surface area contributed by atoms with E-state index in [0.29, 0.717) is 36.5 Å². The van der Waals surface area contributed by atoms with Crippen LogP contribution >= 0.6 is 0 Å². The van der Waals surface area contributed by atoms with Crippen molar-refractivity contribution in [1.29, 1.82) is 0 Å². The van der Waals surface area contributed by atoms with Gasteiger partial charge < -0.3 is 9.47 Å². The number of hydrazine groups is 1. The molecule has 0 aromatic heterocycles. The van der Waals surface area contributed by atoms with Crippen molar-refractivity contribution in [2.24, 2.45) is 11.8 Å². The molecule has 2 unspecified atom stereocenters. The van der Waals surface area contributed by atoms with E-state index >= 15 is 0 Å². The van der Waals surface area contributed by atoms with Crippen LogP contribution in [0.25, 0.3) is 0 Å². The maximum absolute atomic E-state index is 11.6. The lowest BCUT2D eigenvalue weighted by Gasteiger charge is -2.28. The number of nitrogens with two attached hydrogens (primary N) is 1. The number of nitrogen functional groups attached to an aromatic ring is 1. The number of nitrogens with one attached hydrogen (secondary N) is 1. The van der Waals surface area contributed by atoms with Gasteiger partial charge in [0.25, 0.3) is 5.91 Å².